The number of hydrogen-bond donors (Lipinski definition) is 2. The number of rotatable bonds is 3. The summed E-state index contributed by atoms with van der Waals surface area (Å²) >= 11 is 0. The first kappa shape index (κ1) is 20.4. The van der Waals surface area contributed by atoms with Crippen molar-refractivity contribution in [2.75, 3.05) is 41.7 Å². The minimum absolute atomic E-state index is 0.169. The van der Waals surface area contributed by atoms with Gasteiger partial charge in [0, 0.05) is 50.2 Å². The van der Waals surface area contributed by atoms with Gasteiger partial charge in [0.05, 0.1) is 0 Å². The first-order chi connectivity index (χ1) is 13.8. The maximum absolute atomic E-state index is 12.5. The van der Waals surface area contributed by atoms with Crippen LogP contribution in [-0.4, -0.2) is 48.8 Å². The zero-order valence-electron chi connectivity index (χ0n) is 17.0. The largest absolute Gasteiger partial charge is 0.368 e. The average molecular weight is 394 g/mol. The van der Waals surface area contributed by atoms with Crippen LogP contribution in [0, 0.1) is 13.8 Å². The van der Waals surface area contributed by atoms with E-state index in [4.69, 9.17) is 0 Å². The maximum Gasteiger partial charge on any atom is 0.313 e. The number of anilines is 3. The van der Waals surface area contributed by atoms with E-state index in [0.29, 0.717) is 37.6 Å². The highest BCUT2D eigenvalue weighted by Gasteiger charge is 2.26. The Morgan fingerprint density at radius 1 is 0.828 bits per heavy atom. The van der Waals surface area contributed by atoms with Gasteiger partial charge in [-0.05, 0) is 55.3 Å². The predicted octanol–water partition coefficient (Wildman–Crippen LogP) is 2.55. The molecule has 0 saturated carbocycles. The highest BCUT2D eigenvalue weighted by Crippen LogP contribution is 2.24. The van der Waals surface area contributed by atoms with E-state index in [1.807, 2.05) is 6.07 Å². The predicted molar refractivity (Wildman–Crippen MR) is 114 cm³/mol. The normalized spacial score (nSPS) is 13.8. The number of piperazine rings is 1. The van der Waals surface area contributed by atoms with Crippen molar-refractivity contribution in [2.24, 2.45) is 0 Å². The second kappa shape index (κ2) is 8.77. The van der Waals surface area contributed by atoms with Gasteiger partial charge < -0.3 is 20.4 Å². The summed E-state index contributed by atoms with van der Waals surface area (Å²) in [6.07, 6.45) is 0. The number of nitrogens with one attached hydrogen (secondary N) is 2. The molecule has 7 heteroatoms. The van der Waals surface area contributed by atoms with Crippen LogP contribution in [0.2, 0.25) is 0 Å². The Labute approximate surface area is 170 Å². The summed E-state index contributed by atoms with van der Waals surface area (Å²) in [7, 11) is 0. The van der Waals surface area contributed by atoms with Gasteiger partial charge in [-0.25, -0.2) is 0 Å². The first-order valence-electron chi connectivity index (χ1n) is 9.64. The molecule has 2 N–H and O–H groups in total. The zero-order chi connectivity index (χ0) is 21.0. The van der Waals surface area contributed by atoms with Crippen molar-refractivity contribution in [2.45, 2.75) is 20.8 Å². The third kappa shape index (κ3) is 4.93. The van der Waals surface area contributed by atoms with Crippen LogP contribution in [0.4, 0.5) is 17.1 Å². The number of carbonyl (C=O) groups is 3. The Hall–Kier alpha value is -3.35. The molecule has 7 nitrogen and oxygen atoms in total. The van der Waals surface area contributed by atoms with E-state index in [0.717, 1.165) is 0 Å². The second-order valence-electron chi connectivity index (χ2n) is 7.21. The van der Waals surface area contributed by atoms with Gasteiger partial charge >= 0.3 is 11.8 Å². The molecule has 3 rings (SSSR count). The van der Waals surface area contributed by atoms with E-state index in [1.165, 1.54) is 23.7 Å². The number of amides is 3. The first-order valence-corrected chi connectivity index (χ1v) is 9.64. The molecule has 3 amide bonds. The van der Waals surface area contributed by atoms with Crippen molar-refractivity contribution in [3.8, 4) is 0 Å². The van der Waals surface area contributed by atoms with E-state index in [2.05, 4.69) is 41.5 Å². The van der Waals surface area contributed by atoms with E-state index in [9.17, 15) is 14.4 Å². The van der Waals surface area contributed by atoms with Gasteiger partial charge in [0.15, 0.2) is 0 Å². The quantitative estimate of drug-likeness (QED) is 0.784. The third-order valence-electron chi connectivity index (χ3n) is 5.14. The van der Waals surface area contributed by atoms with Crippen LogP contribution < -0.4 is 15.5 Å². The van der Waals surface area contributed by atoms with Crippen molar-refractivity contribution in [1.82, 2.24) is 4.90 Å². The van der Waals surface area contributed by atoms with Gasteiger partial charge in [0.25, 0.3) is 0 Å². The topological polar surface area (TPSA) is 81.8 Å². The van der Waals surface area contributed by atoms with Crippen LogP contribution in [0.3, 0.4) is 0 Å². The summed E-state index contributed by atoms with van der Waals surface area (Å²) in [5, 5.41) is 5.28. The molecule has 1 heterocycles. The molecule has 2 aromatic carbocycles. The Balaban J connectivity index is 1.55. The molecule has 0 radical (unpaired) electrons. The van der Waals surface area contributed by atoms with Crippen LogP contribution in [0.5, 0.6) is 0 Å². The van der Waals surface area contributed by atoms with Crippen LogP contribution in [0.25, 0.3) is 0 Å². The van der Waals surface area contributed by atoms with Crippen molar-refractivity contribution in [3.05, 3.63) is 53.6 Å². The molecule has 1 aliphatic rings. The lowest BCUT2D eigenvalue weighted by Gasteiger charge is -2.36. The monoisotopic (exact) mass is 394 g/mol. The zero-order valence-corrected chi connectivity index (χ0v) is 17.0. The molecule has 1 aliphatic heterocycles. The molecule has 0 spiro atoms. The fourth-order valence-electron chi connectivity index (χ4n) is 3.40. The SMILES string of the molecule is CC(=O)Nc1ccc(NC(=O)C(=O)N2CCN(c3cccc(C)c3C)CC2)cc1. The summed E-state index contributed by atoms with van der Waals surface area (Å²) in [6, 6.07) is 12.9. The van der Waals surface area contributed by atoms with Crippen LogP contribution >= 0.6 is 0 Å². The Kier molecular flexibility index (Phi) is 6.16. The smallest absolute Gasteiger partial charge is 0.313 e. The second-order valence-corrected chi connectivity index (χ2v) is 7.21. The number of hydrogen-bond acceptors (Lipinski definition) is 4. The third-order valence-corrected chi connectivity index (χ3v) is 5.14. The van der Waals surface area contributed by atoms with Crippen molar-refractivity contribution in [1.29, 1.82) is 0 Å². The summed E-state index contributed by atoms with van der Waals surface area (Å²) in [5.74, 6) is -1.36. The molecular weight excluding hydrogens is 368 g/mol. The molecule has 152 valence electrons. The van der Waals surface area contributed by atoms with Crippen molar-refractivity contribution >= 4 is 34.8 Å². The van der Waals surface area contributed by atoms with Gasteiger partial charge in [-0.3, -0.25) is 14.4 Å². The molecule has 1 saturated heterocycles. The summed E-state index contributed by atoms with van der Waals surface area (Å²) < 4.78 is 0. The molecule has 0 atom stereocenters. The van der Waals surface area contributed by atoms with Crippen LogP contribution in [0.1, 0.15) is 18.1 Å². The fourth-order valence-corrected chi connectivity index (χ4v) is 3.40. The molecule has 0 bridgehead atoms. The molecule has 29 heavy (non-hydrogen) atoms. The van der Waals surface area contributed by atoms with Crippen LogP contribution in [0.15, 0.2) is 42.5 Å². The van der Waals surface area contributed by atoms with E-state index in [-0.39, 0.29) is 5.91 Å². The maximum atomic E-state index is 12.5. The summed E-state index contributed by atoms with van der Waals surface area (Å²) in [6.45, 7) is 8.00. The lowest BCUT2D eigenvalue weighted by Crippen LogP contribution is -2.51. The van der Waals surface area contributed by atoms with Gasteiger partial charge in [-0.15, -0.1) is 0 Å². The Morgan fingerprint density at radius 2 is 1.41 bits per heavy atom. The number of carbonyl (C=O) groups excluding carboxylic acids is 3. The summed E-state index contributed by atoms with van der Waals surface area (Å²) in [5.41, 5.74) is 4.80. The highest BCUT2D eigenvalue weighted by molar-refractivity contribution is 6.39. The minimum Gasteiger partial charge on any atom is -0.368 e. The van der Waals surface area contributed by atoms with Gasteiger partial charge in [0.1, 0.15) is 0 Å². The molecule has 0 aliphatic carbocycles. The minimum atomic E-state index is -0.655. The summed E-state index contributed by atoms with van der Waals surface area (Å²) in [4.78, 5) is 39.8. The van der Waals surface area contributed by atoms with Crippen LogP contribution in [-0.2, 0) is 14.4 Å². The lowest BCUT2D eigenvalue weighted by atomic mass is 10.1. The highest BCUT2D eigenvalue weighted by atomic mass is 16.2. The van der Waals surface area contributed by atoms with Gasteiger partial charge in [-0.1, -0.05) is 12.1 Å². The average Bonchev–Trinajstić information content (AvgIpc) is 2.71. The standard InChI is InChI=1S/C22H26N4O3/c1-15-5-4-6-20(16(15)2)25-11-13-26(14-12-25)22(29)21(28)24-19-9-7-18(8-10-19)23-17(3)27/h4-10H,11-14H2,1-3H3,(H,23,27)(H,24,28). The van der Waals surface area contributed by atoms with Crippen molar-refractivity contribution < 1.29 is 14.4 Å². The number of benzene rings is 2. The molecule has 0 unspecified atom stereocenters. The number of aryl methyl sites for hydroxylation is 1. The Bertz CT molecular complexity index is 916. The molecule has 2 aromatic rings. The lowest BCUT2D eigenvalue weighted by molar-refractivity contribution is -0.143. The van der Waals surface area contributed by atoms with Gasteiger partial charge in [0.2, 0.25) is 5.91 Å². The fraction of sp³-hybridized carbons (Fsp3) is 0.318. The van der Waals surface area contributed by atoms with E-state index >= 15 is 0 Å². The van der Waals surface area contributed by atoms with E-state index in [1.54, 1.807) is 29.2 Å². The molecule has 0 aromatic heterocycles. The molecular formula is C22H26N4O3. The Morgan fingerprint density at radius 3 is 2.00 bits per heavy atom. The number of nitrogens with zero attached hydrogens (tertiary/aromatic N) is 2. The van der Waals surface area contributed by atoms with E-state index < -0.39 is 11.8 Å². The van der Waals surface area contributed by atoms with Crippen molar-refractivity contribution in [3.63, 3.8) is 0 Å². The molecule has 1 fully saturated rings. The van der Waals surface area contributed by atoms with Gasteiger partial charge in [-0.2, -0.15) is 0 Å².